The van der Waals surface area contributed by atoms with E-state index in [1.165, 1.54) is 4.90 Å². The van der Waals surface area contributed by atoms with Gasteiger partial charge < -0.3 is 5.32 Å². The van der Waals surface area contributed by atoms with Crippen LogP contribution >= 0.6 is 11.3 Å². The van der Waals surface area contributed by atoms with Gasteiger partial charge in [-0.15, -0.1) is 11.3 Å². The van der Waals surface area contributed by atoms with E-state index in [0.29, 0.717) is 6.54 Å². The van der Waals surface area contributed by atoms with E-state index in [9.17, 15) is 9.59 Å². The van der Waals surface area contributed by atoms with E-state index < -0.39 is 5.54 Å². The summed E-state index contributed by atoms with van der Waals surface area (Å²) < 4.78 is 1.13. The molecule has 1 aliphatic rings. The van der Waals surface area contributed by atoms with Gasteiger partial charge in [0.25, 0.3) is 5.91 Å². The summed E-state index contributed by atoms with van der Waals surface area (Å²) in [4.78, 5) is 33.9. The summed E-state index contributed by atoms with van der Waals surface area (Å²) in [5.74, 6) is -0.246. The minimum absolute atomic E-state index is 0.198. The van der Waals surface area contributed by atoms with E-state index in [0.717, 1.165) is 31.6 Å². The Labute approximate surface area is 184 Å². The third-order valence-corrected chi connectivity index (χ3v) is 6.75. The van der Waals surface area contributed by atoms with Gasteiger partial charge in [0.2, 0.25) is 0 Å². The molecule has 5 rings (SSSR count). The van der Waals surface area contributed by atoms with Crippen LogP contribution in [-0.2, 0) is 16.9 Å². The Morgan fingerprint density at radius 3 is 2.58 bits per heavy atom. The van der Waals surface area contributed by atoms with Gasteiger partial charge in [-0.1, -0.05) is 48.5 Å². The molecule has 1 N–H and O–H groups in total. The number of benzene rings is 3. The summed E-state index contributed by atoms with van der Waals surface area (Å²) in [7, 11) is 1.89. The van der Waals surface area contributed by atoms with Crippen LogP contribution < -0.4 is 5.32 Å². The number of nitrogens with one attached hydrogen (secondary N) is 1. The Morgan fingerprint density at radius 1 is 1.03 bits per heavy atom. The summed E-state index contributed by atoms with van der Waals surface area (Å²) in [6, 6.07) is 21.5. The Hall–Kier alpha value is -3.29. The third kappa shape index (κ3) is 3.45. The van der Waals surface area contributed by atoms with Crippen LogP contribution in [-0.4, -0.2) is 40.4 Å². The topological polar surface area (TPSA) is 65.5 Å². The molecule has 1 fully saturated rings. The molecule has 7 heteroatoms. The molecule has 2 heterocycles. The van der Waals surface area contributed by atoms with Gasteiger partial charge in [-0.2, -0.15) is 0 Å². The molecular formula is C24H22N4O2S. The number of carbonyl (C=O) groups excluding carboxylic acids is 2. The summed E-state index contributed by atoms with van der Waals surface area (Å²) >= 11 is 1.63. The number of hydrogen-bond donors (Lipinski definition) is 1. The molecule has 1 aromatic heterocycles. The maximum atomic E-state index is 13.3. The number of para-hydroxylation sites is 1. The van der Waals surface area contributed by atoms with Gasteiger partial charge >= 0.3 is 6.03 Å². The molecule has 1 saturated heterocycles. The number of aromatic nitrogens is 1. The fourth-order valence-corrected chi connectivity index (χ4v) is 5.08. The van der Waals surface area contributed by atoms with Crippen LogP contribution in [0.5, 0.6) is 0 Å². The number of amides is 3. The zero-order valence-electron chi connectivity index (χ0n) is 17.3. The molecule has 3 aromatic carbocycles. The van der Waals surface area contributed by atoms with Crippen molar-refractivity contribution >= 4 is 44.3 Å². The van der Waals surface area contributed by atoms with Crippen LogP contribution in [0.2, 0.25) is 0 Å². The first kappa shape index (κ1) is 19.7. The number of hydrogen-bond acceptors (Lipinski definition) is 5. The van der Waals surface area contributed by atoms with Crippen LogP contribution in [0, 0.1) is 0 Å². The number of urea groups is 1. The van der Waals surface area contributed by atoms with Gasteiger partial charge in [0.05, 0.1) is 23.4 Å². The van der Waals surface area contributed by atoms with Gasteiger partial charge in [0.15, 0.2) is 0 Å². The average molecular weight is 431 g/mol. The van der Waals surface area contributed by atoms with Crippen molar-refractivity contribution in [2.45, 2.75) is 19.0 Å². The summed E-state index contributed by atoms with van der Waals surface area (Å²) in [6.07, 6.45) is 0. The molecule has 1 atom stereocenters. The molecule has 156 valence electrons. The van der Waals surface area contributed by atoms with Gasteiger partial charge in [0, 0.05) is 0 Å². The lowest BCUT2D eigenvalue weighted by atomic mass is 9.90. The average Bonchev–Trinajstić information content (AvgIpc) is 3.27. The van der Waals surface area contributed by atoms with Gasteiger partial charge in [-0.25, -0.2) is 14.7 Å². The second-order valence-electron chi connectivity index (χ2n) is 8.08. The molecule has 1 aliphatic heterocycles. The highest BCUT2D eigenvalue weighted by molar-refractivity contribution is 7.18. The number of fused-ring (bicyclic) bond motifs is 2. The standard InChI is InChI=1S/C24H22N4O2S/c1-24(18-12-11-16-7-3-4-8-17(16)13-18)22(29)28(23(30)26-24)15-27(2)14-21-25-19-9-5-6-10-20(19)31-21/h3-13H,14-15H2,1-2H3,(H,26,30)/t24-/m1/s1. The van der Waals surface area contributed by atoms with E-state index >= 15 is 0 Å². The van der Waals surface area contributed by atoms with Crippen molar-refractivity contribution in [3.05, 3.63) is 77.3 Å². The van der Waals surface area contributed by atoms with Crippen LogP contribution in [0.25, 0.3) is 21.0 Å². The third-order valence-electron chi connectivity index (χ3n) is 5.73. The molecule has 0 aliphatic carbocycles. The summed E-state index contributed by atoms with van der Waals surface area (Å²) in [6.45, 7) is 2.53. The first-order chi connectivity index (χ1) is 14.9. The van der Waals surface area contributed by atoms with Gasteiger partial charge in [-0.3, -0.25) is 9.69 Å². The zero-order chi connectivity index (χ0) is 21.6. The minimum atomic E-state index is -1.09. The number of carbonyl (C=O) groups is 2. The first-order valence-corrected chi connectivity index (χ1v) is 10.9. The number of nitrogens with zero attached hydrogens (tertiary/aromatic N) is 3. The summed E-state index contributed by atoms with van der Waals surface area (Å²) in [5, 5.41) is 5.98. The summed E-state index contributed by atoms with van der Waals surface area (Å²) in [5.41, 5.74) is 0.660. The number of imide groups is 1. The molecule has 3 amide bonds. The molecule has 0 spiro atoms. The number of thiazole rings is 1. The van der Waals surface area contributed by atoms with Gasteiger partial charge in [0.1, 0.15) is 10.5 Å². The Bertz CT molecular complexity index is 1280. The SMILES string of the molecule is CN(Cc1nc2ccccc2s1)CN1C(=O)N[C@](C)(c2ccc3ccccc3c2)C1=O. The van der Waals surface area contributed by atoms with E-state index in [2.05, 4.69) is 10.3 Å². The highest BCUT2D eigenvalue weighted by Crippen LogP contribution is 2.31. The monoisotopic (exact) mass is 430 g/mol. The van der Waals surface area contributed by atoms with Crippen molar-refractivity contribution in [2.24, 2.45) is 0 Å². The Balaban J connectivity index is 1.35. The van der Waals surface area contributed by atoms with Gasteiger partial charge in [-0.05, 0) is 48.5 Å². The minimum Gasteiger partial charge on any atom is -0.319 e. The molecule has 0 unspecified atom stereocenters. The molecule has 0 radical (unpaired) electrons. The number of rotatable bonds is 5. The highest BCUT2D eigenvalue weighted by atomic mass is 32.1. The largest absolute Gasteiger partial charge is 0.326 e. The fraction of sp³-hybridized carbons (Fsp3) is 0.208. The molecule has 6 nitrogen and oxygen atoms in total. The molecule has 0 bridgehead atoms. The zero-order valence-corrected chi connectivity index (χ0v) is 18.1. The molecular weight excluding hydrogens is 408 g/mol. The van der Waals surface area contributed by atoms with Crippen molar-refractivity contribution in [1.82, 2.24) is 20.1 Å². The van der Waals surface area contributed by atoms with E-state index in [1.807, 2.05) is 78.7 Å². The Morgan fingerprint density at radius 2 is 1.77 bits per heavy atom. The maximum Gasteiger partial charge on any atom is 0.326 e. The Kier molecular flexibility index (Phi) is 4.72. The van der Waals surface area contributed by atoms with Crippen molar-refractivity contribution < 1.29 is 9.59 Å². The van der Waals surface area contributed by atoms with Crippen LogP contribution in [0.3, 0.4) is 0 Å². The van der Waals surface area contributed by atoms with E-state index in [1.54, 1.807) is 18.3 Å². The van der Waals surface area contributed by atoms with Crippen LogP contribution in [0.4, 0.5) is 4.79 Å². The first-order valence-electron chi connectivity index (χ1n) is 10.1. The molecule has 0 saturated carbocycles. The maximum absolute atomic E-state index is 13.3. The second kappa shape index (κ2) is 7.44. The van der Waals surface area contributed by atoms with Crippen LogP contribution in [0.15, 0.2) is 66.7 Å². The van der Waals surface area contributed by atoms with E-state index in [-0.39, 0.29) is 18.6 Å². The normalized spacial score (nSPS) is 19.0. The highest BCUT2D eigenvalue weighted by Gasteiger charge is 2.49. The van der Waals surface area contributed by atoms with Crippen molar-refractivity contribution in [3.63, 3.8) is 0 Å². The molecule has 31 heavy (non-hydrogen) atoms. The van der Waals surface area contributed by atoms with Crippen molar-refractivity contribution in [3.8, 4) is 0 Å². The second-order valence-corrected chi connectivity index (χ2v) is 9.20. The predicted molar refractivity (Wildman–Crippen MR) is 123 cm³/mol. The molecule has 4 aromatic rings. The van der Waals surface area contributed by atoms with Crippen LogP contribution in [0.1, 0.15) is 17.5 Å². The lowest BCUT2D eigenvalue weighted by Gasteiger charge is -2.24. The van der Waals surface area contributed by atoms with Crippen molar-refractivity contribution in [1.29, 1.82) is 0 Å². The predicted octanol–water partition coefficient (Wildman–Crippen LogP) is 4.31. The lowest BCUT2D eigenvalue weighted by Crippen LogP contribution is -2.42. The van der Waals surface area contributed by atoms with E-state index in [4.69, 9.17) is 0 Å². The quantitative estimate of drug-likeness (QED) is 0.479. The fourth-order valence-electron chi connectivity index (χ4n) is 4.03. The lowest BCUT2D eigenvalue weighted by molar-refractivity contribution is -0.132. The smallest absolute Gasteiger partial charge is 0.319 e. The van der Waals surface area contributed by atoms with Crippen molar-refractivity contribution in [2.75, 3.05) is 13.7 Å².